The zero-order valence-electron chi connectivity index (χ0n) is 17.0. The molecule has 2 aromatic heterocycles. The number of rotatable bonds is 6. The van der Waals surface area contributed by atoms with Crippen molar-refractivity contribution in [2.45, 2.75) is 31.9 Å². The number of aliphatic hydroxyl groups is 1. The van der Waals surface area contributed by atoms with E-state index in [1.807, 2.05) is 0 Å². The van der Waals surface area contributed by atoms with Gasteiger partial charge in [0.25, 0.3) is 5.56 Å². The minimum absolute atomic E-state index is 0.0515. The van der Waals surface area contributed by atoms with E-state index in [2.05, 4.69) is 14.9 Å². The number of benzene rings is 1. The van der Waals surface area contributed by atoms with Crippen molar-refractivity contribution in [1.29, 1.82) is 0 Å². The predicted molar refractivity (Wildman–Crippen MR) is 120 cm³/mol. The average Bonchev–Trinajstić information content (AvgIpc) is 3.12. The number of H-pyrrole nitrogens is 1. The zero-order valence-corrected chi connectivity index (χ0v) is 18.5. The standard InChI is InChI=1S/C20H23Cl2N5O4/c1-25-17-16(18(29)24-20(25)30)27(19(23-17)26-7-3-2-4-8-26)10-13(28)11-31-15-6-5-12(21)9-14(15)22/h5-6,9,13,28H,2-4,7-8,10-11H2,1H3,(H,24,29,30). The molecule has 11 heteroatoms. The smallest absolute Gasteiger partial charge is 0.329 e. The number of hydrogen-bond acceptors (Lipinski definition) is 6. The Morgan fingerprint density at radius 1 is 1.23 bits per heavy atom. The number of piperidine rings is 1. The fraction of sp³-hybridized carbons (Fsp3) is 0.450. The second-order valence-corrected chi connectivity index (χ2v) is 8.44. The first kappa shape index (κ1) is 21.7. The van der Waals surface area contributed by atoms with Crippen LogP contribution in [0.1, 0.15) is 19.3 Å². The van der Waals surface area contributed by atoms with Gasteiger partial charge in [0.15, 0.2) is 11.2 Å². The predicted octanol–water partition coefficient (Wildman–Crippen LogP) is 2.16. The first-order chi connectivity index (χ1) is 14.8. The van der Waals surface area contributed by atoms with Gasteiger partial charge < -0.3 is 19.3 Å². The van der Waals surface area contributed by atoms with Crippen LogP contribution in [0.15, 0.2) is 27.8 Å². The summed E-state index contributed by atoms with van der Waals surface area (Å²) in [4.78, 5) is 33.6. The summed E-state index contributed by atoms with van der Waals surface area (Å²) in [7, 11) is 1.56. The van der Waals surface area contributed by atoms with Crippen molar-refractivity contribution in [3.05, 3.63) is 49.1 Å². The van der Waals surface area contributed by atoms with Gasteiger partial charge in [0, 0.05) is 25.2 Å². The molecule has 1 saturated heterocycles. The van der Waals surface area contributed by atoms with Crippen molar-refractivity contribution in [3.63, 3.8) is 0 Å². The van der Waals surface area contributed by atoms with E-state index in [0.29, 0.717) is 21.7 Å². The molecule has 9 nitrogen and oxygen atoms in total. The topological polar surface area (TPSA) is 105 Å². The van der Waals surface area contributed by atoms with E-state index in [-0.39, 0.29) is 24.3 Å². The Hall–Kier alpha value is -2.49. The largest absolute Gasteiger partial charge is 0.489 e. The normalized spacial score (nSPS) is 15.4. The second-order valence-electron chi connectivity index (χ2n) is 7.60. The highest BCUT2D eigenvalue weighted by Crippen LogP contribution is 2.28. The molecule has 166 valence electrons. The van der Waals surface area contributed by atoms with Gasteiger partial charge in [-0.25, -0.2) is 4.79 Å². The lowest BCUT2D eigenvalue weighted by atomic mass is 10.1. The molecule has 31 heavy (non-hydrogen) atoms. The lowest BCUT2D eigenvalue weighted by molar-refractivity contribution is 0.0936. The number of aryl methyl sites for hydroxylation is 1. The summed E-state index contributed by atoms with van der Waals surface area (Å²) in [6.45, 7) is 1.60. The molecule has 1 aliphatic heterocycles. The summed E-state index contributed by atoms with van der Waals surface area (Å²) in [6.07, 6.45) is 2.20. The summed E-state index contributed by atoms with van der Waals surface area (Å²) < 4.78 is 8.61. The maximum absolute atomic E-state index is 12.6. The molecule has 4 rings (SSSR count). The number of hydrogen-bond donors (Lipinski definition) is 2. The fourth-order valence-electron chi connectivity index (χ4n) is 3.77. The number of imidazole rings is 1. The van der Waals surface area contributed by atoms with Gasteiger partial charge in [-0.05, 0) is 37.5 Å². The SMILES string of the molecule is Cn1c(=O)[nH]c(=O)c2c1nc(N1CCCCC1)n2CC(O)COc1ccc(Cl)cc1Cl. The minimum atomic E-state index is -0.954. The summed E-state index contributed by atoms with van der Waals surface area (Å²) in [5.74, 6) is 0.960. The Morgan fingerprint density at radius 2 is 1.97 bits per heavy atom. The van der Waals surface area contributed by atoms with Crippen LogP contribution in [-0.4, -0.2) is 50.0 Å². The van der Waals surface area contributed by atoms with Crippen LogP contribution in [0.3, 0.4) is 0 Å². The Balaban J connectivity index is 1.65. The third kappa shape index (κ3) is 4.44. The molecule has 1 unspecified atom stereocenters. The van der Waals surface area contributed by atoms with Crippen LogP contribution >= 0.6 is 23.2 Å². The quantitative estimate of drug-likeness (QED) is 0.575. The molecule has 3 aromatic rings. The van der Waals surface area contributed by atoms with Crippen molar-refractivity contribution < 1.29 is 9.84 Å². The highest BCUT2D eigenvalue weighted by atomic mass is 35.5. The van der Waals surface area contributed by atoms with E-state index >= 15 is 0 Å². The summed E-state index contributed by atoms with van der Waals surface area (Å²) in [5, 5.41) is 11.5. The Kier molecular flexibility index (Phi) is 6.27. The Labute approximate surface area is 187 Å². The maximum Gasteiger partial charge on any atom is 0.329 e. The number of fused-ring (bicyclic) bond motifs is 1. The number of nitrogens with zero attached hydrogens (tertiary/aromatic N) is 4. The molecule has 0 aliphatic carbocycles. The molecule has 2 N–H and O–H groups in total. The first-order valence-electron chi connectivity index (χ1n) is 10.1. The van der Waals surface area contributed by atoms with Crippen LogP contribution < -0.4 is 20.9 Å². The molecular formula is C20H23Cl2N5O4. The summed E-state index contributed by atoms with van der Waals surface area (Å²) in [6, 6.07) is 4.83. The number of aliphatic hydroxyl groups excluding tert-OH is 1. The van der Waals surface area contributed by atoms with E-state index in [0.717, 1.165) is 32.4 Å². The van der Waals surface area contributed by atoms with Crippen LogP contribution in [0.4, 0.5) is 5.95 Å². The van der Waals surface area contributed by atoms with Crippen molar-refractivity contribution in [3.8, 4) is 5.75 Å². The average molecular weight is 468 g/mol. The molecule has 0 amide bonds. The van der Waals surface area contributed by atoms with Gasteiger partial charge in [0.1, 0.15) is 18.5 Å². The van der Waals surface area contributed by atoms with Crippen LogP contribution in [0.5, 0.6) is 5.75 Å². The number of anilines is 1. The summed E-state index contributed by atoms with van der Waals surface area (Å²) in [5.41, 5.74) is -0.550. The van der Waals surface area contributed by atoms with Gasteiger partial charge in [-0.2, -0.15) is 4.98 Å². The molecule has 0 saturated carbocycles. The van der Waals surface area contributed by atoms with Crippen LogP contribution in [-0.2, 0) is 13.6 Å². The van der Waals surface area contributed by atoms with Gasteiger partial charge in [-0.3, -0.25) is 14.3 Å². The third-order valence-electron chi connectivity index (χ3n) is 5.34. The van der Waals surface area contributed by atoms with Crippen molar-refractivity contribution in [2.75, 3.05) is 24.6 Å². The van der Waals surface area contributed by atoms with E-state index in [1.54, 1.807) is 29.8 Å². The van der Waals surface area contributed by atoms with Crippen LogP contribution in [0, 0.1) is 0 Å². The molecular weight excluding hydrogens is 445 g/mol. The highest BCUT2D eigenvalue weighted by Gasteiger charge is 2.24. The van der Waals surface area contributed by atoms with Gasteiger partial charge >= 0.3 is 5.69 Å². The van der Waals surface area contributed by atoms with Crippen molar-refractivity contribution in [1.82, 2.24) is 19.1 Å². The Bertz CT molecular complexity index is 1210. The minimum Gasteiger partial charge on any atom is -0.489 e. The zero-order chi connectivity index (χ0) is 22.1. The van der Waals surface area contributed by atoms with Crippen molar-refractivity contribution >= 4 is 40.3 Å². The number of aromatic nitrogens is 4. The second kappa shape index (κ2) is 8.94. The van der Waals surface area contributed by atoms with Gasteiger partial charge in [-0.1, -0.05) is 23.2 Å². The monoisotopic (exact) mass is 467 g/mol. The first-order valence-corrected chi connectivity index (χ1v) is 10.8. The van der Waals surface area contributed by atoms with E-state index in [1.165, 1.54) is 4.57 Å². The van der Waals surface area contributed by atoms with Gasteiger partial charge in [0.2, 0.25) is 5.95 Å². The molecule has 0 radical (unpaired) electrons. The summed E-state index contributed by atoms with van der Waals surface area (Å²) >= 11 is 12.0. The van der Waals surface area contributed by atoms with Crippen LogP contribution in [0.2, 0.25) is 10.0 Å². The fourth-order valence-corrected chi connectivity index (χ4v) is 4.24. The molecule has 0 spiro atoms. The Morgan fingerprint density at radius 3 is 2.68 bits per heavy atom. The third-order valence-corrected chi connectivity index (χ3v) is 5.87. The molecule has 1 aromatic carbocycles. The number of aromatic amines is 1. The number of nitrogens with one attached hydrogen (secondary N) is 1. The van der Waals surface area contributed by atoms with Gasteiger partial charge in [-0.15, -0.1) is 0 Å². The highest BCUT2D eigenvalue weighted by molar-refractivity contribution is 6.35. The van der Waals surface area contributed by atoms with Gasteiger partial charge in [0.05, 0.1) is 11.6 Å². The molecule has 1 aliphatic rings. The molecule has 1 fully saturated rings. The number of halogens is 2. The lowest BCUT2D eigenvalue weighted by Crippen LogP contribution is -2.34. The van der Waals surface area contributed by atoms with E-state index in [9.17, 15) is 14.7 Å². The van der Waals surface area contributed by atoms with E-state index < -0.39 is 17.4 Å². The molecule has 3 heterocycles. The van der Waals surface area contributed by atoms with Crippen LogP contribution in [0.25, 0.3) is 11.2 Å². The molecule has 0 bridgehead atoms. The number of ether oxygens (including phenoxy) is 1. The van der Waals surface area contributed by atoms with Crippen molar-refractivity contribution in [2.24, 2.45) is 7.05 Å². The van der Waals surface area contributed by atoms with E-state index in [4.69, 9.17) is 27.9 Å². The molecule has 1 atom stereocenters. The lowest BCUT2D eigenvalue weighted by Gasteiger charge is -2.28. The maximum atomic E-state index is 12.6.